The number of benzene rings is 1. The third-order valence-electron chi connectivity index (χ3n) is 6.01. The summed E-state index contributed by atoms with van der Waals surface area (Å²) >= 11 is 0. The molecule has 0 aromatic heterocycles. The molecule has 0 spiro atoms. The molecule has 0 radical (unpaired) electrons. The maximum absolute atomic E-state index is 11.2. The van der Waals surface area contributed by atoms with Gasteiger partial charge in [0.15, 0.2) is 0 Å². The molecule has 4 aliphatic carbocycles. The topological polar surface area (TPSA) is 55.1 Å². The third-order valence-corrected chi connectivity index (χ3v) is 6.01. The fourth-order valence-corrected chi connectivity index (χ4v) is 5.66. The Morgan fingerprint density at radius 3 is 2.19 bits per heavy atom. The Kier molecular flexibility index (Phi) is 2.82. The van der Waals surface area contributed by atoms with Gasteiger partial charge in [0.25, 0.3) is 0 Å². The highest BCUT2D eigenvalue weighted by atomic mass is 16.1. The van der Waals surface area contributed by atoms with E-state index in [2.05, 4.69) is 17.4 Å². The van der Waals surface area contributed by atoms with Crippen molar-refractivity contribution in [2.45, 2.75) is 50.9 Å². The lowest BCUT2D eigenvalue weighted by Gasteiger charge is -2.57. The summed E-state index contributed by atoms with van der Waals surface area (Å²) in [6, 6.07) is 6.32. The van der Waals surface area contributed by atoms with Crippen LogP contribution in [-0.2, 0) is 10.2 Å². The SMILES string of the molecule is CC(=O)Nc1ccc(C23CC4CC(CC(C4)C2)C3)cc1N. The van der Waals surface area contributed by atoms with Crippen LogP contribution < -0.4 is 11.1 Å². The van der Waals surface area contributed by atoms with E-state index in [4.69, 9.17) is 5.73 Å². The van der Waals surface area contributed by atoms with Gasteiger partial charge in [0.1, 0.15) is 0 Å². The first-order chi connectivity index (χ1) is 10.0. The zero-order valence-corrected chi connectivity index (χ0v) is 12.7. The van der Waals surface area contributed by atoms with E-state index in [1.54, 1.807) is 0 Å². The Morgan fingerprint density at radius 2 is 1.71 bits per heavy atom. The van der Waals surface area contributed by atoms with Crippen molar-refractivity contribution in [3.05, 3.63) is 23.8 Å². The van der Waals surface area contributed by atoms with Gasteiger partial charge in [-0.1, -0.05) is 6.07 Å². The standard InChI is InChI=1S/C18H24N2O/c1-11(21)20-17-3-2-15(7-16(17)19)18-8-12-4-13(9-18)6-14(5-12)10-18/h2-3,7,12-14H,4-6,8-10,19H2,1H3,(H,20,21). The third kappa shape index (κ3) is 2.14. The summed E-state index contributed by atoms with van der Waals surface area (Å²) in [6.07, 6.45) is 8.41. The van der Waals surface area contributed by atoms with Gasteiger partial charge in [-0.25, -0.2) is 0 Å². The van der Waals surface area contributed by atoms with E-state index < -0.39 is 0 Å². The van der Waals surface area contributed by atoms with Gasteiger partial charge in [0, 0.05) is 6.92 Å². The zero-order chi connectivity index (χ0) is 14.6. The molecule has 4 aliphatic rings. The molecule has 4 saturated carbocycles. The number of hydrogen-bond donors (Lipinski definition) is 2. The summed E-state index contributed by atoms with van der Waals surface area (Å²) in [7, 11) is 0. The van der Waals surface area contributed by atoms with Gasteiger partial charge in [-0.2, -0.15) is 0 Å². The molecule has 1 aromatic rings. The first-order valence-electron chi connectivity index (χ1n) is 8.22. The van der Waals surface area contributed by atoms with E-state index in [1.165, 1.54) is 51.0 Å². The molecule has 4 fully saturated rings. The second-order valence-corrected chi connectivity index (χ2v) is 7.68. The number of carbonyl (C=O) groups is 1. The fourth-order valence-electron chi connectivity index (χ4n) is 5.66. The van der Waals surface area contributed by atoms with Gasteiger partial charge in [-0.15, -0.1) is 0 Å². The van der Waals surface area contributed by atoms with E-state index in [-0.39, 0.29) is 5.91 Å². The summed E-state index contributed by atoms with van der Waals surface area (Å²) in [5, 5.41) is 2.81. The first-order valence-corrected chi connectivity index (χ1v) is 8.22. The van der Waals surface area contributed by atoms with Crippen LogP contribution in [0.15, 0.2) is 18.2 Å². The largest absolute Gasteiger partial charge is 0.397 e. The molecule has 4 bridgehead atoms. The highest BCUT2D eigenvalue weighted by molar-refractivity contribution is 5.92. The molecule has 0 saturated heterocycles. The molecule has 5 rings (SSSR count). The van der Waals surface area contributed by atoms with Crippen molar-refractivity contribution >= 4 is 17.3 Å². The van der Waals surface area contributed by atoms with Crippen molar-refractivity contribution in [3.63, 3.8) is 0 Å². The Hall–Kier alpha value is -1.51. The Morgan fingerprint density at radius 1 is 1.14 bits per heavy atom. The monoisotopic (exact) mass is 284 g/mol. The molecule has 3 heteroatoms. The maximum atomic E-state index is 11.2. The van der Waals surface area contributed by atoms with Crippen LogP contribution in [0.4, 0.5) is 11.4 Å². The molecule has 112 valence electrons. The molecule has 1 aromatic carbocycles. The van der Waals surface area contributed by atoms with Crippen LogP contribution in [0.5, 0.6) is 0 Å². The predicted molar refractivity (Wildman–Crippen MR) is 85.0 cm³/mol. The molecule has 0 atom stereocenters. The van der Waals surface area contributed by atoms with Crippen molar-refractivity contribution < 1.29 is 4.79 Å². The van der Waals surface area contributed by atoms with Crippen molar-refractivity contribution in [3.8, 4) is 0 Å². The lowest BCUT2D eigenvalue weighted by atomic mass is 9.48. The minimum absolute atomic E-state index is 0.0655. The van der Waals surface area contributed by atoms with Crippen LogP contribution in [0, 0.1) is 17.8 Å². The van der Waals surface area contributed by atoms with Gasteiger partial charge in [-0.3, -0.25) is 4.79 Å². The van der Waals surface area contributed by atoms with Crippen molar-refractivity contribution in [2.75, 3.05) is 11.1 Å². The van der Waals surface area contributed by atoms with E-state index >= 15 is 0 Å². The molecule has 3 N–H and O–H groups in total. The van der Waals surface area contributed by atoms with Gasteiger partial charge >= 0.3 is 0 Å². The summed E-state index contributed by atoms with van der Waals surface area (Å²) in [5.41, 5.74) is 9.41. The highest BCUT2D eigenvalue weighted by Crippen LogP contribution is 2.60. The minimum Gasteiger partial charge on any atom is -0.397 e. The summed E-state index contributed by atoms with van der Waals surface area (Å²) < 4.78 is 0. The second kappa shape index (κ2) is 4.49. The molecule has 3 nitrogen and oxygen atoms in total. The van der Waals surface area contributed by atoms with Gasteiger partial charge in [-0.05, 0) is 79.4 Å². The van der Waals surface area contributed by atoms with Crippen LogP contribution in [0.3, 0.4) is 0 Å². The molecular weight excluding hydrogens is 260 g/mol. The van der Waals surface area contributed by atoms with Crippen molar-refractivity contribution in [2.24, 2.45) is 17.8 Å². The lowest BCUT2D eigenvalue weighted by Crippen LogP contribution is -2.48. The number of rotatable bonds is 2. The number of nitrogens with one attached hydrogen (secondary N) is 1. The summed E-state index contributed by atoms with van der Waals surface area (Å²) in [5.74, 6) is 2.75. The maximum Gasteiger partial charge on any atom is 0.221 e. The number of amides is 1. The van der Waals surface area contributed by atoms with Crippen LogP contribution in [0.1, 0.15) is 51.0 Å². The van der Waals surface area contributed by atoms with Crippen LogP contribution in [-0.4, -0.2) is 5.91 Å². The van der Waals surface area contributed by atoms with Crippen LogP contribution in [0.25, 0.3) is 0 Å². The molecular formula is C18H24N2O. The van der Waals surface area contributed by atoms with E-state index in [9.17, 15) is 4.79 Å². The Bertz CT molecular complexity index is 558. The molecule has 1 amide bonds. The van der Waals surface area contributed by atoms with Crippen molar-refractivity contribution in [1.29, 1.82) is 0 Å². The Labute approximate surface area is 126 Å². The molecule has 0 heterocycles. The number of nitrogen functional groups attached to an aromatic ring is 1. The van der Waals surface area contributed by atoms with Gasteiger partial charge in [0.05, 0.1) is 11.4 Å². The average molecular weight is 284 g/mol. The number of nitrogens with two attached hydrogens (primary N) is 1. The summed E-state index contributed by atoms with van der Waals surface area (Å²) in [4.78, 5) is 11.2. The van der Waals surface area contributed by atoms with Crippen LogP contribution in [0.2, 0.25) is 0 Å². The quantitative estimate of drug-likeness (QED) is 0.814. The van der Waals surface area contributed by atoms with Gasteiger partial charge in [0.2, 0.25) is 5.91 Å². The number of anilines is 2. The average Bonchev–Trinajstić information content (AvgIpc) is 2.39. The molecule has 21 heavy (non-hydrogen) atoms. The van der Waals surface area contributed by atoms with Crippen molar-refractivity contribution in [1.82, 2.24) is 0 Å². The van der Waals surface area contributed by atoms with Crippen LogP contribution >= 0.6 is 0 Å². The predicted octanol–water partition coefficient (Wildman–Crippen LogP) is 3.70. The van der Waals surface area contributed by atoms with Gasteiger partial charge < -0.3 is 11.1 Å². The second-order valence-electron chi connectivity index (χ2n) is 7.68. The number of hydrogen-bond acceptors (Lipinski definition) is 2. The van der Waals surface area contributed by atoms with E-state index in [1.807, 2.05) is 6.07 Å². The smallest absolute Gasteiger partial charge is 0.221 e. The fraction of sp³-hybridized carbons (Fsp3) is 0.611. The minimum atomic E-state index is -0.0655. The van der Waals surface area contributed by atoms with E-state index in [0.717, 1.165) is 23.4 Å². The molecule has 0 aliphatic heterocycles. The van der Waals surface area contributed by atoms with E-state index in [0.29, 0.717) is 11.1 Å². The zero-order valence-electron chi connectivity index (χ0n) is 12.7. The molecule has 0 unspecified atom stereocenters. The normalized spacial score (nSPS) is 36.7. The Balaban J connectivity index is 1.67. The highest BCUT2D eigenvalue weighted by Gasteiger charge is 2.51. The number of carbonyl (C=O) groups excluding carboxylic acids is 1. The lowest BCUT2D eigenvalue weighted by molar-refractivity contribution is -0.114. The first kappa shape index (κ1) is 13.2. The summed E-state index contributed by atoms with van der Waals surface area (Å²) in [6.45, 7) is 1.52.